The number of ether oxygens (including phenoxy) is 2. The van der Waals surface area contributed by atoms with Crippen LogP contribution < -0.4 is 24.0 Å². The number of carbonyl (C=O) groups is 2. The number of methoxy groups -OCH3 is 2. The number of aryl methyl sites for hydroxylation is 1. The van der Waals surface area contributed by atoms with E-state index < -0.39 is 22.5 Å². The highest BCUT2D eigenvalue weighted by atomic mass is 32.2. The van der Waals surface area contributed by atoms with E-state index in [9.17, 15) is 18.0 Å². The van der Waals surface area contributed by atoms with Crippen molar-refractivity contribution in [1.82, 2.24) is 0 Å². The average Bonchev–Trinajstić information content (AvgIpc) is 3.32. The van der Waals surface area contributed by atoms with Crippen LogP contribution in [0.25, 0.3) is 0 Å². The molecule has 0 spiro atoms. The second-order valence-electron chi connectivity index (χ2n) is 8.56. The monoisotopic (exact) mass is 523 g/mol. The summed E-state index contributed by atoms with van der Waals surface area (Å²) in [7, 11) is -1.21. The van der Waals surface area contributed by atoms with Crippen molar-refractivity contribution in [1.29, 1.82) is 0 Å². The van der Waals surface area contributed by atoms with Gasteiger partial charge in [0.1, 0.15) is 18.0 Å². The number of anilines is 3. The molecule has 0 saturated carbocycles. The van der Waals surface area contributed by atoms with Crippen LogP contribution in [0.2, 0.25) is 0 Å². The highest BCUT2D eigenvalue weighted by molar-refractivity contribution is 7.92. The molecule has 1 aliphatic heterocycles. The highest BCUT2D eigenvalue weighted by Gasteiger charge is 2.30. The molecule has 3 aromatic rings. The van der Waals surface area contributed by atoms with Crippen LogP contribution in [-0.2, 0) is 19.6 Å². The third kappa shape index (κ3) is 5.54. The van der Waals surface area contributed by atoms with Gasteiger partial charge in [0.15, 0.2) is 0 Å². The lowest BCUT2D eigenvalue weighted by Gasteiger charge is -2.26. The summed E-state index contributed by atoms with van der Waals surface area (Å²) in [6.45, 7) is 2.05. The Balaban J connectivity index is 1.61. The number of nitrogens with one attached hydrogen (secondary N) is 1. The van der Waals surface area contributed by atoms with Gasteiger partial charge in [-0.3, -0.25) is 13.9 Å². The third-order valence-corrected chi connectivity index (χ3v) is 7.91. The second kappa shape index (κ2) is 10.9. The standard InChI is InChI=1S/C27H29N3O6S/c1-19-17-20(10-15-23(19)29-16-6-9-27(29)32)28-26(31)18-30(24-7-4-5-8-25(24)36-3)37(33,34)22-13-11-21(35-2)12-14-22/h4-5,7-8,10-15,17H,6,9,16,18H2,1-3H3,(H,28,31). The van der Waals surface area contributed by atoms with E-state index >= 15 is 0 Å². The van der Waals surface area contributed by atoms with Crippen molar-refractivity contribution in [3.05, 3.63) is 72.3 Å². The molecule has 0 aliphatic carbocycles. The number of hydrogen-bond donors (Lipinski definition) is 1. The lowest BCUT2D eigenvalue weighted by Crippen LogP contribution is -2.38. The van der Waals surface area contributed by atoms with Gasteiger partial charge in [0, 0.05) is 24.3 Å². The molecule has 0 bridgehead atoms. The number of amides is 2. The minimum atomic E-state index is -4.14. The van der Waals surface area contributed by atoms with E-state index in [2.05, 4.69) is 5.32 Å². The molecule has 10 heteroatoms. The first-order valence-electron chi connectivity index (χ1n) is 11.8. The molecule has 0 unspecified atom stereocenters. The van der Waals surface area contributed by atoms with Gasteiger partial charge in [-0.1, -0.05) is 12.1 Å². The molecule has 9 nitrogen and oxygen atoms in total. The lowest BCUT2D eigenvalue weighted by molar-refractivity contribution is -0.117. The van der Waals surface area contributed by atoms with Crippen molar-refractivity contribution in [3.8, 4) is 11.5 Å². The predicted molar refractivity (Wildman–Crippen MR) is 142 cm³/mol. The fraction of sp³-hybridized carbons (Fsp3) is 0.259. The summed E-state index contributed by atoms with van der Waals surface area (Å²) in [5.41, 5.74) is 2.37. The Morgan fingerprint density at radius 1 is 1.03 bits per heavy atom. The number of hydrogen-bond acceptors (Lipinski definition) is 6. The maximum absolute atomic E-state index is 13.7. The molecule has 1 N–H and O–H groups in total. The normalized spacial score (nSPS) is 13.4. The van der Waals surface area contributed by atoms with Crippen molar-refractivity contribution in [2.75, 3.05) is 41.8 Å². The van der Waals surface area contributed by atoms with Crippen molar-refractivity contribution in [2.24, 2.45) is 0 Å². The Hall–Kier alpha value is -4.05. The van der Waals surface area contributed by atoms with Gasteiger partial charge in [-0.15, -0.1) is 0 Å². The van der Waals surface area contributed by atoms with Crippen LogP contribution in [0.5, 0.6) is 11.5 Å². The number of sulfonamides is 1. The number of para-hydroxylation sites is 2. The van der Waals surface area contributed by atoms with Gasteiger partial charge in [0.05, 0.1) is 24.8 Å². The summed E-state index contributed by atoms with van der Waals surface area (Å²) in [5.74, 6) is 0.362. The Morgan fingerprint density at radius 2 is 1.76 bits per heavy atom. The van der Waals surface area contributed by atoms with Gasteiger partial charge in [-0.2, -0.15) is 0 Å². The molecular weight excluding hydrogens is 494 g/mol. The molecule has 37 heavy (non-hydrogen) atoms. The summed E-state index contributed by atoms with van der Waals surface area (Å²) in [4.78, 5) is 27.0. The molecule has 1 fully saturated rings. The lowest BCUT2D eigenvalue weighted by atomic mass is 10.1. The Morgan fingerprint density at radius 3 is 2.38 bits per heavy atom. The molecule has 194 valence electrons. The Bertz CT molecular complexity index is 1410. The van der Waals surface area contributed by atoms with Crippen LogP contribution in [0.4, 0.5) is 17.1 Å². The van der Waals surface area contributed by atoms with Gasteiger partial charge in [0.2, 0.25) is 11.8 Å². The fourth-order valence-corrected chi connectivity index (χ4v) is 5.71. The molecular formula is C27H29N3O6S. The van der Waals surface area contributed by atoms with Gasteiger partial charge in [0.25, 0.3) is 10.0 Å². The van der Waals surface area contributed by atoms with Gasteiger partial charge < -0.3 is 19.7 Å². The van der Waals surface area contributed by atoms with Crippen LogP contribution in [0.3, 0.4) is 0 Å². The van der Waals surface area contributed by atoms with Gasteiger partial charge >= 0.3 is 0 Å². The Labute approximate surface area is 216 Å². The highest BCUT2D eigenvalue weighted by Crippen LogP contribution is 2.33. The Kier molecular flexibility index (Phi) is 7.68. The van der Waals surface area contributed by atoms with E-state index in [1.54, 1.807) is 59.5 Å². The predicted octanol–water partition coefficient (Wildman–Crippen LogP) is 3.97. The van der Waals surface area contributed by atoms with Gasteiger partial charge in [-0.25, -0.2) is 8.42 Å². The summed E-state index contributed by atoms with van der Waals surface area (Å²) in [6.07, 6.45) is 1.34. The second-order valence-corrected chi connectivity index (χ2v) is 10.4. The first-order valence-corrected chi connectivity index (χ1v) is 13.2. The zero-order valence-corrected chi connectivity index (χ0v) is 21.7. The van der Waals surface area contributed by atoms with Crippen LogP contribution in [-0.4, -0.2) is 47.5 Å². The molecule has 0 aromatic heterocycles. The molecule has 3 aromatic carbocycles. The summed E-state index contributed by atoms with van der Waals surface area (Å²) < 4.78 is 38.9. The first kappa shape index (κ1) is 26.0. The van der Waals surface area contributed by atoms with Crippen LogP contribution in [0.15, 0.2) is 71.6 Å². The topological polar surface area (TPSA) is 105 Å². The average molecular weight is 524 g/mol. The van der Waals surface area contributed by atoms with E-state index in [-0.39, 0.29) is 16.5 Å². The number of rotatable bonds is 9. The molecule has 0 atom stereocenters. The van der Waals surface area contributed by atoms with E-state index in [1.807, 2.05) is 6.92 Å². The largest absolute Gasteiger partial charge is 0.497 e. The minimum absolute atomic E-state index is 0.00230. The minimum Gasteiger partial charge on any atom is -0.497 e. The van der Waals surface area contributed by atoms with Crippen molar-refractivity contribution >= 4 is 38.9 Å². The molecule has 1 aliphatic rings. The number of nitrogens with zero attached hydrogens (tertiary/aromatic N) is 2. The maximum atomic E-state index is 13.7. The summed E-state index contributed by atoms with van der Waals surface area (Å²) >= 11 is 0. The smallest absolute Gasteiger partial charge is 0.264 e. The van der Waals surface area contributed by atoms with Crippen molar-refractivity contribution in [2.45, 2.75) is 24.7 Å². The number of carbonyl (C=O) groups excluding carboxylic acids is 2. The van der Waals surface area contributed by atoms with E-state index in [4.69, 9.17) is 9.47 Å². The third-order valence-electron chi connectivity index (χ3n) is 6.13. The summed E-state index contributed by atoms with van der Waals surface area (Å²) in [6, 6.07) is 17.8. The number of benzene rings is 3. The van der Waals surface area contributed by atoms with Crippen LogP contribution in [0, 0.1) is 6.92 Å². The van der Waals surface area contributed by atoms with Gasteiger partial charge in [-0.05, 0) is 73.5 Å². The first-order chi connectivity index (χ1) is 17.7. The van der Waals surface area contributed by atoms with Crippen molar-refractivity contribution in [3.63, 3.8) is 0 Å². The zero-order valence-electron chi connectivity index (χ0n) is 20.9. The van der Waals surface area contributed by atoms with Crippen molar-refractivity contribution < 1.29 is 27.5 Å². The summed E-state index contributed by atoms with van der Waals surface area (Å²) in [5, 5.41) is 2.78. The van der Waals surface area contributed by atoms with Crippen LogP contribution in [0.1, 0.15) is 18.4 Å². The zero-order chi connectivity index (χ0) is 26.6. The quantitative estimate of drug-likeness (QED) is 0.455. The van der Waals surface area contributed by atoms with E-state index in [1.165, 1.54) is 26.4 Å². The molecule has 0 radical (unpaired) electrons. The van der Waals surface area contributed by atoms with E-state index in [0.29, 0.717) is 30.2 Å². The van der Waals surface area contributed by atoms with E-state index in [0.717, 1.165) is 22.0 Å². The molecule has 2 amide bonds. The SMILES string of the molecule is COc1ccc(S(=O)(=O)N(CC(=O)Nc2ccc(N3CCCC3=O)c(C)c2)c2ccccc2OC)cc1. The fourth-order valence-electron chi connectivity index (χ4n) is 4.28. The molecule has 4 rings (SSSR count). The maximum Gasteiger partial charge on any atom is 0.264 e. The molecule has 1 saturated heterocycles. The van der Waals surface area contributed by atoms with Crippen LogP contribution >= 0.6 is 0 Å². The molecule has 1 heterocycles.